The molecule has 0 heterocycles. The molecular weight excluding hydrogens is 697 g/mol. The van der Waals surface area contributed by atoms with E-state index in [4.69, 9.17) is 9.47 Å². The van der Waals surface area contributed by atoms with Gasteiger partial charge in [0, 0.05) is 33.4 Å². The average Bonchev–Trinajstić information content (AvgIpc) is 3.29. The molecule has 3 nitrogen and oxygen atoms in total. The maximum Gasteiger partial charge on any atom is 0.143 e. The molecular formula is C54H38O3. The van der Waals surface area contributed by atoms with E-state index in [0.29, 0.717) is 28.4 Å². The Balaban J connectivity index is 1.26. The number of hydrogen-bond acceptors (Lipinski definition) is 3. The summed E-state index contributed by atoms with van der Waals surface area (Å²) >= 11 is 0. The quantitative estimate of drug-likeness (QED) is 0.152. The fourth-order valence-electron chi connectivity index (χ4n) is 7.35. The van der Waals surface area contributed by atoms with Gasteiger partial charge in [-0.15, -0.1) is 0 Å². The molecule has 1 N–H and O–H groups in total. The highest BCUT2D eigenvalue weighted by Crippen LogP contribution is 2.49. The van der Waals surface area contributed by atoms with Crippen LogP contribution in [0.15, 0.2) is 224 Å². The molecule has 0 spiro atoms. The highest BCUT2D eigenvalue weighted by Gasteiger charge is 2.22. The first-order valence-electron chi connectivity index (χ1n) is 19.1. The van der Waals surface area contributed by atoms with Crippen LogP contribution in [0.5, 0.6) is 28.7 Å². The zero-order valence-corrected chi connectivity index (χ0v) is 31.1. The molecule has 0 unspecified atom stereocenters. The zero-order chi connectivity index (χ0) is 38.4. The number of phenols is 1. The van der Waals surface area contributed by atoms with E-state index >= 15 is 0 Å². The van der Waals surface area contributed by atoms with Crippen molar-refractivity contribution in [2.75, 3.05) is 0 Å². The third-order valence-corrected chi connectivity index (χ3v) is 10.1. The van der Waals surface area contributed by atoms with E-state index in [1.807, 2.05) is 121 Å². The van der Waals surface area contributed by atoms with Crippen LogP contribution >= 0.6 is 0 Å². The van der Waals surface area contributed by atoms with Gasteiger partial charge in [-0.1, -0.05) is 200 Å². The summed E-state index contributed by atoms with van der Waals surface area (Å²) in [6.45, 7) is 0. The van der Waals surface area contributed by atoms with Crippen molar-refractivity contribution in [1.82, 2.24) is 0 Å². The highest BCUT2D eigenvalue weighted by atomic mass is 16.5. The minimum absolute atomic E-state index is 0.196. The molecule has 0 saturated carbocycles. The summed E-state index contributed by atoms with van der Waals surface area (Å²) in [6, 6.07) is 75.5. The number of benzene rings is 9. The molecule has 0 fully saturated rings. The van der Waals surface area contributed by atoms with Gasteiger partial charge in [-0.05, 0) is 57.6 Å². The summed E-state index contributed by atoms with van der Waals surface area (Å²) in [5, 5.41) is 11.8. The van der Waals surface area contributed by atoms with E-state index in [1.165, 1.54) is 0 Å². The van der Waals surface area contributed by atoms with Crippen LogP contribution in [0.3, 0.4) is 0 Å². The molecule has 3 heteroatoms. The van der Waals surface area contributed by atoms with E-state index < -0.39 is 0 Å². The van der Waals surface area contributed by atoms with Gasteiger partial charge in [0.1, 0.15) is 28.7 Å². The van der Waals surface area contributed by atoms with Gasteiger partial charge in [0.2, 0.25) is 0 Å². The summed E-state index contributed by atoms with van der Waals surface area (Å²) in [7, 11) is 0. The molecule has 57 heavy (non-hydrogen) atoms. The van der Waals surface area contributed by atoms with Crippen LogP contribution in [-0.4, -0.2) is 5.11 Å². The van der Waals surface area contributed by atoms with Crippen LogP contribution in [0.2, 0.25) is 0 Å². The van der Waals surface area contributed by atoms with Gasteiger partial charge < -0.3 is 14.6 Å². The Bertz CT molecular complexity index is 2570. The van der Waals surface area contributed by atoms with Gasteiger partial charge in [-0.3, -0.25) is 0 Å². The molecule has 0 aliphatic carbocycles. The smallest absolute Gasteiger partial charge is 0.143 e. The van der Waals surface area contributed by atoms with E-state index in [1.54, 1.807) is 0 Å². The first-order valence-corrected chi connectivity index (χ1v) is 19.1. The average molecular weight is 735 g/mol. The van der Waals surface area contributed by atoms with Crippen molar-refractivity contribution >= 4 is 0 Å². The van der Waals surface area contributed by atoms with Crippen LogP contribution < -0.4 is 9.47 Å². The molecule has 0 aromatic heterocycles. The first-order chi connectivity index (χ1) is 28.2. The molecule has 272 valence electrons. The fraction of sp³-hybridized carbons (Fsp3) is 0. The summed E-state index contributed by atoms with van der Waals surface area (Å²) < 4.78 is 14.3. The van der Waals surface area contributed by atoms with Crippen LogP contribution in [0.25, 0.3) is 66.8 Å². The lowest BCUT2D eigenvalue weighted by Gasteiger charge is -2.22. The second-order valence-corrected chi connectivity index (χ2v) is 13.8. The Kier molecular flexibility index (Phi) is 9.86. The second kappa shape index (κ2) is 16.0. The van der Waals surface area contributed by atoms with Crippen molar-refractivity contribution in [3.63, 3.8) is 0 Å². The Labute approximate surface area is 333 Å². The normalized spacial score (nSPS) is 10.9. The number of phenolic OH excluding ortho intramolecular Hbond substituents is 1. The molecule has 0 atom stereocenters. The summed E-state index contributed by atoms with van der Waals surface area (Å²) in [4.78, 5) is 0. The predicted octanol–water partition coefficient (Wildman–Crippen LogP) is 15.0. The SMILES string of the molecule is Oc1c(-c2ccccc2)cc(Oc2c(-c3ccccc3)cc(Oc3c(-c4ccccc4)cccc3-c3ccccc3)cc2-c2ccccc2)cc1-c1ccccc1. The minimum atomic E-state index is 0.196. The molecule has 0 bridgehead atoms. The number of hydrogen-bond donors (Lipinski definition) is 1. The molecule has 0 saturated heterocycles. The Morgan fingerprint density at radius 3 is 0.807 bits per heavy atom. The molecule has 0 radical (unpaired) electrons. The van der Waals surface area contributed by atoms with Crippen molar-refractivity contribution in [2.24, 2.45) is 0 Å². The minimum Gasteiger partial charge on any atom is -0.507 e. The highest BCUT2D eigenvalue weighted by molar-refractivity contribution is 5.88. The van der Waals surface area contributed by atoms with E-state index in [9.17, 15) is 5.11 Å². The predicted molar refractivity (Wildman–Crippen MR) is 234 cm³/mol. The van der Waals surface area contributed by atoms with E-state index in [-0.39, 0.29) is 5.75 Å². The van der Waals surface area contributed by atoms with Gasteiger partial charge in [0.15, 0.2) is 0 Å². The third-order valence-electron chi connectivity index (χ3n) is 10.1. The molecule has 9 rings (SSSR count). The molecule has 0 amide bonds. The third kappa shape index (κ3) is 7.43. The van der Waals surface area contributed by atoms with Crippen molar-refractivity contribution in [1.29, 1.82) is 0 Å². The van der Waals surface area contributed by atoms with Crippen molar-refractivity contribution in [2.45, 2.75) is 0 Å². The van der Waals surface area contributed by atoms with E-state index in [2.05, 4.69) is 103 Å². The Hall–Kier alpha value is -7.62. The van der Waals surface area contributed by atoms with Crippen molar-refractivity contribution < 1.29 is 14.6 Å². The van der Waals surface area contributed by atoms with Crippen molar-refractivity contribution in [3.8, 4) is 95.5 Å². The maximum absolute atomic E-state index is 11.8. The van der Waals surface area contributed by atoms with Gasteiger partial charge in [0.05, 0.1) is 0 Å². The number of para-hydroxylation sites is 1. The summed E-state index contributed by atoms with van der Waals surface area (Å²) in [5.41, 5.74) is 10.9. The van der Waals surface area contributed by atoms with Crippen LogP contribution in [0.4, 0.5) is 0 Å². The van der Waals surface area contributed by atoms with Gasteiger partial charge in [-0.2, -0.15) is 0 Å². The largest absolute Gasteiger partial charge is 0.507 e. The number of rotatable bonds is 10. The monoisotopic (exact) mass is 734 g/mol. The lowest BCUT2D eigenvalue weighted by atomic mass is 9.95. The lowest BCUT2D eigenvalue weighted by Crippen LogP contribution is -1.97. The summed E-state index contributed by atoms with van der Waals surface area (Å²) in [5.74, 6) is 2.89. The molecule has 9 aromatic carbocycles. The number of aromatic hydroxyl groups is 1. The molecule has 0 aliphatic rings. The standard InChI is InChI=1S/C54H38O3/c55-52-48(40-24-11-3-12-25-40)34-44(35-49(52)41-26-13-4-14-27-41)57-54-50(42-28-15-5-16-29-42)36-45(37-51(54)43-30-17-6-18-31-43)56-53-46(38-20-7-1-8-21-38)32-19-33-47(53)39-22-9-2-10-23-39/h1-37,55H. The topological polar surface area (TPSA) is 38.7 Å². The van der Waals surface area contributed by atoms with Crippen LogP contribution in [0, 0.1) is 0 Å². The molecule has 0 aliphatic heterocycles. The lowest BCUT2D eigenvalue weighted by molar-refractivity contribution is 0.466. The zero-order valence-electron chi connectivity index (χ0n) is 31.1. The van der Waals surface area contributed by atoms with Gasteiger partial charge in [0.25, 0.3) is 0 Å². The molecule has 9 aromatic rings. The van der Waals surface area contributed by atoms with E-state index in [0.717, 1.165) is 61.4 Å². The fourth-order valence-corrected chi connectivity index (χ4v) is 7.35. The number of ether oxygens (including phenoxy) is 2. The Morgan fingerprint density at radius 2 is 0.491 bits per heavy atom. The van der Waals surface area contributed by atoms with Gasteiger partial charge >= 0.3 is 0 Å². The second-order valence-electron chi connectivity index (χ2n) is 13.8. The maximum atomic E-state index is 11.8. The van der Waals surface area contributed by atoms with Crippen LogP contribution in [0.1, 0.15) is 0 Å². The van der Waals surface area contributed by atoms with Crippen LogP contribution in [-0.2, 0) is 0 Å². The summed E-state index contributed by atoms with van der Waals surface area (Å²) in [6.07, 6.45) is 0. The Morgan fingerprint density at radius 1 is 0.246 bits per heavy atom. The van der Waals surface area contributed by atoms with Gasteiger partial charge in [-0.25, -0.2) is 0 Å². The first kappa shape index (κ1) is 35.1. The van der Waals surface area contributed by atoms with Crippen molar-refractivity contribution in [3.05, 3.63) is 224 Å².